The standard InChI is InChI=1S/C26H34N8O/c1-17-4-10-34(17)24-21-14-29-23(11-20(21)18(13-30-24)12-26(2)15-27-16-26)31-22-3-7-28-25(32-22)33-8-5-19(35)6-9-33/h3,7,11,13-14,17,19,27,35H,4-6,8-10,12,15-16H2,1-2H3,(H,28,29,31,32). The minimum atomic E-state index is -0.222. The average molecular weight is 475 g/mol. The van der Waals surface area contributed by atoms with Crippen molar-refractivity contribution < 1.29 is 5.11 Å². The van der Waals surface area contributed by atoms with Crippen LogP contribution in [0.25, 0.3) is 10.8 Å². The Bertz CT molecular complexity index is 1220. The third-order valence-corrected chi connectivity index (χ3v) is 7.79. The highest BCUT2D eigenvalue weighted by Gasteiger charge is 2.33. The van der Waals surface area contributed by atoms with E-state index in [1.807, 2.05) is 12.3 Å². The Morgan fingerprint density at radius 1 is 1.06 bits per heavy atom. The molecular weight excluding hydrogens is 440 g/mol. The third-order valence-electron chi connectivity index (χ3n) is 7.79. The molecule has 3 N–H and O–H groups in total. The van der Waals surface area contributed by atoms with Gasteiger partial charge in [-0.2, -0.15) is 4.98 Å². The SMILES string of the molecule is CC1CCN1c1ncc(CC2(C)CNC2)c2cc(Nc3ccnc(N4CCC(O)CC4)n3)ncc12. The van der Waals surface area contributed by atoms with E-state index in [1.54, 1.807) is 6.20 Å². The molecular formula is C26H34N8O. The lowest BCUT2D eigenvalue weighted by Crippen LogP contribution is -2.52. The molecule has 0 saturated carbocycles. The molecule has 1 atom stereocenters. The van der Waals surface area contributed by atoms with Gasteiger partial charge in [0.05, 0.1) is 6.10 Å². The Hall–Kier alpha value is -3.04. The van der Waals surface area contributed by atoms with Crippen LogP contribution in [0.4, 0.5) is 23.4 Å². The molecule has 0 bridgehead atoms. The molecule has 3 aromatic rings. The maximum absolute atomic E-state index is 9.81. The van der Waals surface area contributed by atoms with E-state index < -0.39 is 0 Å². The fraction of sp³-hybridized carbons (Fsp3) is 0.538. The molecule has 35 heavy (non-hydrogen) atoms. The van der Waals surface area contributed by atoms with E-state index >= 15 is 0 Å². The van der Waals surface area contributed by atoms with Gasteiger partial charge in [-0.3, -0.25) is 0 Å². The first-order valence-electron chi connectivity index (χ1n) is 12.8. The van der Waals surface area contributed by atoms with Crippen molar-refractivity contribution >= 4 is 34.2 Å². The van der Waals surface area contributed by atoms with Gasteiger partial charge in [-0.25, -0.2) is 15.0 Å². The number of hydrogen-bond donors (Lipinski definition) is 3. The van der Waals surface area contributed by atoms with Gasteiger partial charge in [0.25, 0.3) is 0 Å². The van der Waals surface area contributed by atoms with E-state index in [4.69, 9.17) is 15.0 Å². The Labute approximate surface area is 206 Å². The maximum atomic E-state index is 9.81. The largest absolute Gasteiger partial charge is 0.393 e. The summed E-state index contributed by atoms with van der Waals surface area (Å²) in [6.45, 7) is 9.23. The molecule has 3 aliphatic heterocycles. The van der Waals surface area contributed by atoms with E-state index in [0.29, 0.717) is 12.0 Å². The molecule has 3 aliphatic rings. The normalized spacial score (nSPS) is 22.1. The van der Waals surface area contributed by atoms with Crippen LogP contribution in [0.15, 0.2) is 30.7 Å². The highest BCUT2D eigenvalue weighted by Crippen LogP contribution is 2.36. The number of nitrogens with zero attached hydrogens (tertiary/aromatic N) is 6. The van der Waals surface area contributed by atoms with Crippen molar-refractivity contribution in [2.75, 3.05) is 47.8 Å². The summed E-state index contributed by atoms with van der Waals surface area (Å²) in [6.07, 6.45) is 9.27. The van der Waals surface area contributed by atoms with Gasteiger partial charge in [0, 0.05) is 62.7 Å². The van der Waals surface area contributed by atoms with Crippen LogP contribution in [0, 0.1) is 5.41 Å². The number of nitrogens with one attached hydrogen (secondary N) is 2. The van der Waals surface area contributed by atoms with E-state index in [-0.39, 0.29) is 11.5 Å². The van der Waals surface area contributed by atoms with Gasteiger partial charge in [0.2, 0.25) is 5.95 Å². The lowest BCUT2D eigenvalue weighted by atomic mass is 9.78. The number of piperidine rings is 1. The molecule has 3 aromatic heterocycles. The summed E-state index contributed by atoms with van der Waals surface area (Å²) in [5.41, 5.74) is 1.53. The van der Waals surface area contributed by atoms with Crippen LogP contribution in [0.1, 0.15) is 38.7 Å². The first-order chi connectivity index (χ1) is 17.0. The highest BCUT2D eigenvalue weighted by molar-refractivity contribution is 5.95. The second-order valence-electron chi connectivity index (χ2n) is 10.7. The molecule has 184 valence electrons. The number of aliphatic hydroxyl groups excluding tert-OH is 1. The first kappa shape index (κ1) is 22.4. The van der Waals surface area contributed by atoms with Gasteiger partial charge in [-0.1, -0.05) is 6.92 Å². The van der Waals surface area contributed by atoms with Crippen LogP contribution in [-0.2, 0) is 6.42 Å². The second-order valence-corrected chi connectivity index (χ2v) is 10.7. The van der Waals surface area contributed by atoms with Crippen LogP contribution in [-0.4, -0.2) is 69.9 Å². The summed E-state index contributed by atoms with van der Waals surface area (Å²) >= 11 is 0. The average Bonchev–Trinajstić information content (AvgIpc) is 2.84. The predicted molar refractivity (Wildman–Crippen MR) is 138 cm³/mol. The fourth-order valence-electron chi connectivity index (χ4n) is 5.35. The Kier molecular flexibility index (Phi) is 5.69. The van der Waals surface area contributed by atoms with Gasteiger partial charge < -0.3 is 25.5 Å². The monoisotopic (exact) mass is 474 g/mol. The Morgan fingerprint density at radius 2 is 1.89 bits per heavy atom. The lowest BCUT2D eigenvalue weighted by Gasteiger charge is -2.41. The highest BCUT2D eigenvalue weighted by atomic mass is 16.3. The molecule has 0 radical (unpaired) electrons. The summed E-state index contributed by atoms with van der Waals surface area (Å²) in [5.74, 6) is 3.21. The Morgan fingerprint density at radius 3 is 2.57 bits per heavy atom. The molecule has 6 rings (SSSR count). The van der Waals surface area contributed by atoms with Crippen molar-refractivity contribution in [3.05, 3.63) is 36.3 Å². The van der Waals surface area contributed by atoms with Crippen molar-refractivity contribution in [3.8, 4) is 0 Å². The van der Waals surface area contributed by atoms with E-state index in [1.165, 1.54) is 17.4 Å². The quantitative estimate of drug-likeness (QED) is 0.498. The molecule has 3 saturated heterocycles. The fourth-order valence-corrected chi connectivity index (χ4v) is 5.35. The number of aromatic nitrogens is 4. The van der Waals surface area contributed by atoms with E-state index in [0.717, 1.165) is 74.8 Å². The number of aliphatic hydroxyl groups is 1. The number of fused-ring (bicyclic) bond motifs is 1. The van der Waals surface area contributed by atoms with Crippen LogP contribution in [0.2, 0.25) is 0 Å². The van der Waals surface area contributed by atoms with Gasteiger partial charge in [-0.15, -0.1) is 0 Å². The third kappa shape index (κ3) is 4.38. The van der Waals surface area contributed by atoms with Gasteiger partial charge >= 0.3 is 0 Å². The van der Waals surface area contributed by atoms with Crippen LogP contribution in [0.3, 0.4) is 0 Å². The van der Waals surface area contributed by atoms with Crippen LogP contribution in [0.5, 0.6) is 0 Å². The minimum absolute atomic E-state index is 0.222. The molecule has 6 heterocycles. The molecule has 0 amide bonds. The number of hydrogen-bond acceptors (Lipinski definition) is 9. The minimum Gasteiger partial charge on any atom is -0.393 e. The summed E-state index contributed by atoms with van der Waals surface area (Å²) in [6, 6.07) is 4.53. The number of anilines is 4. The van der Waals surface area contributed by atoms with Crippen molar-refractivity contribution in [3.63, 3.8) is 0 Å². The van der Waals surface area contributed by atoms with E-state index in [9.17, 15) is 5.11 Å². The maximum Gasteiger partial charge on any atom is 0.227 e. The van der Waals surface area contributed by atoms with Crippen LogP contribution >= 0.6 is 0 Å². The first-order valence-corrected chi connectivity index (χ1v) is 12.8. The zero-order valence-corrected chi connectivity index (χ0v) is 20.5. The molecule has 9 nitrogen and oxygen atoms in total. The molecule has 0 aliphatic carbocycles. The lowest BCUT2D eigenvalue weighted by molar-refractivity contribution is 0.145. The van der Waals surface area contributed by atoms with Crippen molar-refractivity contribution in [2.45, 2.75) is 51.7 Å². The summed E-state index contributed by atoms with van der Waals surface area (Å²) < 4.78 is 0. The smallest absolute Gasteiger partial charge is 0.227 e. The molecule has 0 spiro atoms. The van der Waals surface area contributed by atoms with Gasteiger partial charge in [-0.05, 0) is 61.1 Å². The van der Waals surface area contributed by atoms with Crippen molar-refractivity contribution in [1.29, 1.82) is 0 Å². The molecule has 0 aromatic carbocycles. The zero-order chi connectivity index (χ0) is 24.0. The van der Waals surface area contributed by atoms with Gasteiger partial charge in [0.1, 0.15) is 17.5 Å². The Balaban J connectivity index is 1.31. The van der Waals surface area contributed by atoms with Crippen molar-refractivity contribution in [1.82, 2.24) is 25.3 Å². The summed E-state index contributed by atoms with van der Waals surface area (Å²) in [7, 11) is 0. The van der Waals surface area contributed by atoms with Crippen LogP contribution < -0.4 is 20.4 Å². The van der Waals surface area contributed by atoms with Crippen molar-refractivity contribution in [2.24, 2.45) is 5.41 Å². The number of pyridine rings is 2. The number of rotatable bonds is 6. The van der Waals surface area contributed by atoms with E-state index in [2.05, 4.69) is 51.5 Å². The molecule has 1 unspecified atom stereocenters. The molecule has 3 fully saturated rings. The predicted octanol–water partition coefficient (Wildman–Crippen LogP) is 2.88. The van der Waals surface area contributed by atoms with Gasteiger partial charge in [0.15, 0.2) is 0 Å². The second kappa shape index (κ2) is 8.87. The summed E-state index contributed by atoms with van der Waals surface area (Å²) in [4.78, 5) is 23.4. The molecule has 9 heteroatoms. The summed E-state index contributed by atoms with van der Waals surface area (Å²) in [5, 5.41) is 19.0. The zero-order valence-electron chi connectivity index (χ0n) is 20.5. The topological polar surface area (TPSA) is 102 Å².